The summed E-state index contributed by atoms with van der Waals surface area (Å²) >= 11 is 5.94. The summed E-state index contributed by atoms with van der Waals surface area (Å²) in [6.07, 6.45) is 4.33. The second-order valence-corrected chi connectivity index (χ2v) is 5.26. The van der Waals surface area contributed by atoms with Crippen LogP contribution in [0.2, 0.25) is 5.02 Å². The summed E-state index contributed by atoms with van der Waals surface area (Å²) < 4.78 is 5.58. The summed E-state index contributed by atoms with van der Waals surface area (Å²) in [6, 6.07) is 7.66. The number of benzene rings is 1. The van der Waals surface area contributed by atoms with Gasteiger partial charge < -0.3 is 9.84 Å². The Hall–Kier alpha value is -0.570. The van der Waals surface area contributed by atoms with Crippen LogP contribution in [0.25, 0.3) is 0 Å². The zero-order chi connectivity index (χ0) is 12.3. The number of ether oxygens (including phenoxy) is 1. The van der Waals surface area contributed by atoms with Crippen molar-refractivity contribution in [3.05, 3.63) is 34.9 Å². The maximum atomic E-state index is 10.4. The van der Waals surface area contributed by atoms with Crippen molar-refractivity contribution in [2.75, 3.05) is 7.11 Å². The van der Waals surface area contributed by atoms with Crippen molar-refractivity contribution in [3.63, 3.8) is 0 Å². The third-order valence-electron chi connectivity index (χ3n) is 3.78. The van der Waals surface area contributed by atoms with Gasteiger partial charge in [-0.25, -0.2) is 0 Å². The van der Waals surface area contributed by atoms with Gasteiger partial charge in [0.25, 0.3) is 0 Å². The van der Waals surface area contributed by atoms with Crippen LogP contribution in [-0.4, -0.2) is 23.9 Å². The van der Waals surface area contributed by atoms with Gasteiger partial charge in [-0.2, -0.15) is 0 Å². The van der Waals surface area contributed by atoms with Crippen LogP contribution >= 0.6 is 11.6 Å². The number of aliphatic hydroxyl groups excluding tert-OH is 1. The Morgan fingerprint density at radius 2 is 2.12 bits per heavy atom. The minimum Gasteiger partial charge on any atom is -0.390 e. The molecule has 2 nitrogen and oxygen atoms in total. The number of methoxy groups -OCH3 is 1. The third-order valence-corrected chi connectivity index (χ3v) is 4.02. The van der Waals surface area contributed by atoms with E-state index in [-0.39, 0.29) is 5.60 Å². The molecule has 0 heterocycles. The van der Waals surface area contributed by atoms with E-state index in [4.69, 9.17) is 16.3 Å². The first kappa shape index (κ1) is 12.9. The smallest absolute Gasteiger partial charge is 0.0939 e. The van der Waals surface area contributed by atoms with E-state index in [1.165, 1.54) is 0 Å². The van der Waals surface area contributed by atoms with Crippen LogP contribution in [0, 0.1) is 0 Å². The molecule has 0 amide bonds. The maximum Gasteiger partial charge on any atom is 0.0939 e. The standard InChI is InChI=1S/C14H19ClO2/c1-17-14(7-2-3-8-14)13(16)10-11-5-4-6-12(15)9-11/h4-6,9,13,16H,2-3,7-8,10H2,1H3. The minimum atomic E-state index is -0.450. The first-order valence-electron chi connectivity index (χ1n) is 6.14. The topological polar surface area (TPSA) is 29.5 Å². The lowest BCUT2D eigenvalue weighted by atomic mass is 9.90. The fraction of sp³-hybridized carbons (Fsp3) is 0.571. The van der Waals surface area contributed by atoms with E-state index in [0.29, 0.717) is 11.4 Å². The number of aliphatic hydroxyl groups is 1. The monoisotopic (exact) mass is 254 g/mol. The summed E-state index contributed by atoms with van der Waals surface area (Å²) in [4.78, 5) is 0. The van der Waals surface area contributed by atoms with Gasteiger partial charge in [-0.05, 0) is 30.5 Å². The number of hydrogen-bond donors (Lipinski definition) is 1. The fourth-order valence-corrected chi connectivity index (χ4v) is 2.93. The first-order valence-corrected chi connectivity index (χ1v) is 6.52. The van der Waals surface area contributed by atoms with Crippen molar-refractivity contribution in [1.82, 2.24) is 0 Å². The van der Waals surface area contributed by atoms with Gasteiger partial charge in [-0.1, -0.05) is 36.6 Å². The largest absolute Gasteiger partial charge is 0.390 e. The number of halogens is 1. The van der Waals surface area contributed by atoms with Crippen LogP contribution in [0.15, 0.2) is 24.3 Å². The molecule has 1 unspecified atom stereocenters. The van der Waals surface area contributed by atoms with Crippen LogP contribution in [-0.2, 0) is 11.2 Å². The highest BCUT2D eigenvalue weighted by Gasteiger charge is 2.40. The van der Waals surface area contributed by atoms with E-state index in [9.17, 15) is 5.11 Å². The predicted octanol–water partition coefficient (Wildman–Crippen LogP) is 3.20. The van der Waals surface area contributed by atoms with Crippen molar-refractivity contribution in [1.29, 1.82) is 0 Å². The van der Waals surface area contributed by atoms with Gasteiger partial charge in [-0.3, -0.25) is 0 Å². The Morgan fingerprint density at radius 3 is 2.71 bits per heavy atom. The molecule has 1 aliphatic rings. The number of rotatable bonds is 4. The Morgan fingerprint density at radius 1 is 1.41 bits per heavy atom. The average Bonchev–Trinajstić information content (AvgIpc) is 2.78. The zero-order valence-corrected chi connectivity index (χ0v) is 10.9. The Labute approximate surface area is 108 Å². The second kappa shape index (κ2) is 5.38. The molecule has 3 heteroatoms. The molecule has 17 heavy (non-hydrogen) atoms. The lowest BCUT2D eigenvalue weighted by Crippen LogP contribution is -2.42. The van der Waals surface area contributed by atoms with Crippen LogP contribution in [0.5, 0.6) is 0 Å². The van der Waals surface area contributed by atoms with Crippen molar-refractivity contribution in [3.8, 4) is 0 Å². The molecule has 1 saturated carbocycles. The van der Waals surface area contributed by atoms with Crippen molar-refractivity contribution in [2.45, 2.75) is 43.8 Å². The SMILES string of the molecule is COC1(C(O)Cc2cccc(Cl)c2)CCCC1. The molecular weight excluding hydrogens is 236 g/mol. The molecule has 1 aliphatic carbocycles. The lowest BCUT2D eigenvalue weighted by Gasteiger charge is -2.33. The predicted molar refractivity (Wildman–Crippen MR) is 69.4 cm³/mol. The van der Waals surface area contributed by atoms with E-state index in [0.717, 1.165) is 31.2 Å². The molecular formula is C14H19ClO2. The molecule has 0 saturated heterocycles. The Balaban J connectivity index is 2.07. The van der Waals surface area contributed by atoms with Crippen molar-refractivity contribution >= 4 is 11.6 Å². The van der Waals surface area contributed by atoms with E-state index in [1.807, 2.05) is 24.3 Å². The van der Waals surface area contributed by atoms with Gasteiger partial charge in [0.15, 0.2) is 0 Å². The van der Waals surface area contributed by atoms with Gasteiger partial charge in [0, 0.05) is 18.6 Å². The summed E-state index contributed by atoms with van der Waals surface area (Å²) in [5.41, 5.74) is 0.718. The molecule has 0 aromatic heterocycles. The van der Waals surface area contributed by atoms with Gasteiger partial charge >= 0.3 is 0 Å². The van der Waals surface area contributed by atoms with Gasteiger partial charge in [0.2, 0.25) is 0 Å². The second-order valence-electron chi connectivity index (χ2n) is 4.83. The molecule has 1 fully saturated rings. The van der Waals surface area contributed by atoms with E-state index < -0.39 is 6.10 Å². The van der Waals surface area contributed by atoms with Crippen molar-refractivity contribution < 1.29 is 9.84 Å². The number of hydrogen-bond acceptors (Lipinski definition) is 2. The maximum absolute atomic E-state index is 10.4. The third kappa shape index (κ3) is 2.82. The molecule has 1 N–H and O–H groups in total. The lowest BCUT2D eigenvalue weighted by molar-refractivity contribution is -0.0971. The molecule has 1 aromatic rings. The molecule has 0 bridgehead atoms. The van der Waals surface area contributed by atoms with E-state index >= 15 is 0 Å². The molecule has 94 valence electrons. The highest BCUT2D eigenvalue weighted by molar-refractivity contribution is 6.30. The van der Waals surface area contributed by atoms with E-state index in [1.54, 1.807) is 7.11 Å². The van der Waals surface area contributed by atoms with Crippen LogP contribution in [0.1, 0.15) is 31.2 Å². The average molecular weight is 255 g/mol. The summed E-state index contributed by atoms with van der Waals surface area (Å²) in [7, 11) is 1.70. The molecule has 2 rings (SSSR count). The summed E-state index contributed by atoms with van der Waals surface area (Å²) in [5, 5.41) is 11.1. The summed E-state index contributed by atoms with van der Waals surface area (Å²) in [6.45, 7) is 0. The zero-order valence-electron chi connectivity index (χ0n) is 10.2. The van der Waals surface area contributed by atoms with Crippen molar-refractivity contribution in [2.24, 2.45) is 0 Å². The molecule has 1 atom stereocenters. The van der Waals surface area contributed by atoms with Crippen LogP contribution in [0.4, 0.5) is 0 Å². The molecule has 0 radical (unpaired) electrons. The highest BCUT2D eigenvalue weighted by atomic mass is 35.5. The van der Waals surface area contributed by atoms with Gasteiger partial charge in [-0.15, -0.1) is 0 Å². The van der Waals surface area contributed by atoms with Crippen LogP contribution < -0.4 is 0 Å². The minimum absolute atomic E-state index is 0.345. The van der Waals surface area contributed by atoms with E-state index in [2.05, 4.69) is 0 Å². The summed E-state index contributed by atoms with van der Waals surface area (Å²) in [5.74, 6) is 0. The van der Waals surface area contributed by atoms with Crippen LogP contribution in [0.3, 0.4) is 0 Å². The quantitative estimate of drug-likeness (QED) is 0.894. The Bertz CT molecular complexity index is 372. The van der Waals surface area contributed by atoms with Gasteiger partial charge in [0.1, 0.15) is 0 Å². The fourth-order valence-electron chi connectivity index (χ4n) is 2.72. The molecule has 0 spiro atoms. The van der Waals surface area contributed by atoms with Gasteiger partial charge in [0.05, 0.1) is 11.7 Å². The highest BCUT2D eigenvalue weighted by Crippen LogP contribution is 2.36. The first-order chi connectivity index (χ1) is 8.16. The molecule has 0 aliphatic heterocycles. The normalized spacial score (nSPS) is 20.4. The Kier molecular flexibility index (Phi) is 4.08. The molecule has 1 aromatic carbocycles.